The average molecular weight is 355 g/mol. The molecule has 21 heavy (non-hydrogen) atoms. The molecule has 114 valence electrons. The van der Waals surface area contributed by atoms with Gasteiger partial charge in [0, 0.05) is 17.6 Å². The van der Waals surface area contributed by atoms with Crippen LogP contribution in [0.5, 0.6) is 0 Å². The van der Waals surface area contributed by atoms with Gasteiger partial charge in [0.1, 0.15) is 5.82 Å². The molecular formula is C16H20BrFN2O. The highest BCUT2D eigenvalue weighted by atomic mass is 79.9. The van der Waals surface area contributed by atoms with Crippen LogP contribution in [-0.2, 0) is 0 Å². The molecule has 1 spiro atoms. The van der Waals surface area contributed by atoms with Crippen LogP contribution in [0.1, 0.15) is 36.0 Å². The van der Waals surface area contributed by atoms with Gasteiger partial charge in [-0.1, -0.05) is 0 Å². The van der Waals surface area contributed by atoms with Gasteiger partial charge in [0.2, 0.25) is 0 Å². The Balaban J connectivity index is 1.67. The number of amides is 1. The predicted molar refractivity (Wildman–Crippen MR) is 83.8 cm³/mol. The molecule has 0 radical (unpaired) electrons. The highest BCUT2D eigenvalue weighted by molar-refractivity contribution is 9.10. The third-order valence-electron chi connectivity index (χ3n) is 4.94. The van der Waals surface area contributed by atoms with Gasteiger partial charge in [0.25, 0.3) is 5.91 Å². The summed E-state index contributed by atoms with van der Waals surface area (Å²) in [6.07, 6.45) is 4.60. The van der Waals surface area contributed by atoms with E-state index in [0.717, 1.165) is 39.0 Å². The van der Waals surface area contributed by atoms with Gasteiger partial charge in [-0.25, -0.2) is 4.39 Å². The zero-order chi connectivity index (χ0) is 14.9. The third kappa shape index (κ3) is 3.14. The Kier molecular flexibility index (Phi) is 4.31. The summed E-state index contributed by atoms with van der Waals surface area (Å²) in [6, 6.07) is 4.26. The molecule has 3 nitrogen and oxygen atoms in total. The molecule has 0 bridgehead atoms. The molecule has 3 rings (SSSR count). The molecule has 0 saturated carbocycles. The van der Waals surface area contributed by atoms with E-state index in [1.165, 1.54) is 25.0 Å². The maximum Gasteiger partial charge on any atom is 0.255 e. The largest absolute Gasteiger partial charge is 0.339 e. The number of carbonyl (C=O) groups is 1. The number of nitrogens with zero attached hydrogens (tertiary/aromatic N) is 1. The van der Waals surface area contributed by atoms with Crippen LogP contribution in [0.25, 0.3) is 0 Å². The molecule has 2 saturated heterocycles. The summed E-state index contributed by atoms with van der Waals surface area (Å²) in [5, 5.41) is 3.41. The summed E-state index contributed by atoms with van der Waals surface area (Å²) in [6.45, 7) is 3.81. The molecule has 2 heterocycles. The number of hydrogen-bond acceptors (Lipinski definition) is 2. The van der Waals surface area contributed by atoms with Gasteiger partial charge in [0.05, 0.1) is 5.56 Å². The molecule has 1 aromatic rings. The first-order chi connectivity index (χ1) is 10.1. The van der Waals surface area contributed by atoms with Crippen LogP contribution in [0.15, 0.2) is 22.7 Å². The topological polar surface area (TPSA) is 32.3 Å². The molecule has 2 aliphatic heterocycles. The summed E-state index contributed by atoms with van der Waals surface area (Å²) < 4.78 is 13.7. The average Bonchev–Trinajstić information content (AvgIpc) is 2.48. The van der Waals surface area contributed by atoms with E-state index in [4.69, 9.17) is 0 Å². The highest BCUT2D eigenvalue weighted by Gasteiger charge is 2.37. The Bertz CT molecular complexity index is 533. The minimum atomic E-state index is -0.328. The van der Waals surface area contributed by atoms with E-state index in [1.807, 2.05) is 4.90 Å². The summed E-state index contributed by atoms with van der Waals surface area (Å²) in [5.41, 5.74) is 0.986. The molecule has 0 aromatic heterocycles. The third-order valence-corrected chi connectivity index (χ3v) is 5.59. The number of likely N-dealkylation sites (tertiary alicyclic amines) is 1. The van der Waals surface area contributed by atoms with Crippen molar-refractivity contribution in [3.63, 3.8) is 0 Å². The minimum absolute atomic E-state index is 0.00524. The minimum Gasteiger partial charge on any atom is -0.339 e. The Hall–Kier alpha value is -0.940. The second kappa shape index (κ2) is 6.05. The summed E-state index contributed by atoms with van der Waals surface area (Å²) >= 11 is 3.29. The standard InChI is InChI=1S/C16H20BrFN2O/c17-14-11-12(18)1-2-13(14)15(21)20-9-5-16(6-10-20)3-7-19-8-4-16/h1-2,11,19H,3-10H2. The zero-order valence-corrected chi connectivity index (χ0v) is 13.6. The maximum atomic E-state index is 13.1. The molecule has 2 aliphatic rings. The van der Waals surface area contributed by atoms with Crippen LogP contribution in [-0.4, -0.2) is 37.0 Å². The lowest BCUT2D eigenvalue weighted by atomic mass is 9.71. The second-order valence-corrected chi connectivity index (χ2v) is 7.02. The monoisotopic (exact) mass is 354 g/mol. The van der Waals surface area contributed by atoms with Gasteiger partial charge in [-0.05, 0) is 78.3 Å². The fraction of sp³-hybridized carbons (Fsp3) is 0.562. The van der Waals surface area contributed by atoms with Crippen molar-refractivity contribution < 1.29 is 9.18 Å². The smallest absolute Gasteiger partial charge is 0.255 e. The lowest BCUT2D eigenvalue weighted by Crippen LogP contribution is -2.47. The number of hydrogen-bond donors (Lipinski definition) is 1. The van der Waals surface area contributed by atoms with E-state index < -0.39 is 0 Å². The van der Waals surface area contributed by atoms with Gasteiger partial charge >= 0.3 is 0 Å². The van der Waals surface area contributed by atoms with Crippen molar-refractivity contribution in [2.75, 3.05) is 26.2 Å². The number of nitrogens with one attached hydrogen (secondary N) is 1. The van der Waals surface area contributed by atoms with E-state index in [2.05, 4.69) is 21.2 Å². The fourth-order valence-electron chi connectivity index (χ4n) is 3.47. The second-order valence-electron chi connectivity index (χ2n) is 6.17. The van der Waals surface area contributed by atoms with Crippen molar-refractivity contribution in [1.29, 1.82) is 0 Å². The van der Waals surface area contributed by atoms with Gasteiger partial charge in [-0.2, -0.15) is 0 Å². The van der Waals surface area contributed by atoms with Crippen molar-refractivity contribution >= 4 is 21.8 Å². The first kappa shape index (κ1) is 15.0. The molecule has 1 aromatic carbocycles. The van der Waals surface area contributed by atoms with Crippen molar-refractivity contribution in [1.82, 2.24) is 10.2 Å². The summed E-state index contributed by atoms with van der Waals surface area (Å²) in [4.78, 5) is 14.5. The fourth-order valence-corrected chi connectivity index (χ4v) is 3.99. The van der Waals surface area contributed by atoms with Gasteiger partial charge < -0.3 is 10.2 Å². The molecule has 0 aliphatic carbocycles. The zero-order valence-electron chi connectivity index (χ0n) is 12.0. The lowest BCUT2D eigenvalue weighted by Gasteiger charge is -2.44. The molecule has 0 unspecified atom stereocenters. The van der Waals surface area contributed by atoms with E-state index >= 15 is 0 Å². The number of benzene rings is 1. The summed E-state index contributed by atoms with van der Waals surface area (Å²) in [7, 11) is 0. The van der Waals surface area contributed by atoms with E-state index in [1.54, 1.807) is 6.07 Å². The first-order valence-electron chi connectivity index (χ1n) is 7.55. The van der Waals surface area contributed by atoms with E-state index in [9.17, 15) is 9.18 Å². The van der Waals surface area contributed by atoms with Crippen molar-refractivity contribution in [3.8, 4) is 0 Å². The number of carbonyl (C=O) groups excluding carboxylic acids is 1. The number of rotatable bonds is 1. The van der Waals surface area contributed by atoms with Crippen LogP contribution >= 0.6 is 15.9 Å². The predicted octanol–water partition coefficient (Wildman–Crippen LogP) is 3.19. The van der Waals surface area contributed by atoms with Crippen LogP contribution in [0.2, 0.25) is 0 Å². The molecule has 1 N–H and O–H groups in total. The molecular weight excluding hydrogens is 335 g/mol. The molecule has 2 fully saturated rings. The van der Waals surface area contributed by atoms with E-state index in [0.29, 0.717) is 15.5 Å². The Labute approximate surface area is 133 Å². The van der Waals surface area contributed by atoms with E-state index in [-0.39, 0.29) is 11.7 Å². The van der Waals surface area contributed by atoms with Crippen molar-refractivity contribution in [3.05, 3.63) is 34.1 Å². The van der Waals surface area contributed by atoms with Gasteiger partial charge in [-0.3, -0.25) is 4.79 Å². The van der Waals surface area contributed by atoms with Gasteiger partial charge in [-0.15, -0.1) is 0 Å². The SMILES string of the molecule is O=C(c1ccc(F)cc1Br)N1CCC2(CCNCC2)CC1. The van der Waals surface area contributed by atoms with Crippen LogP contribution in [0, 0.1) is 11.2 Å². The normalized spacial score (nSPS) is 21.5. The lowest BCUT2D eigenvalue weighted by molar-refractivity contribution is 0.0495. The van der Waals surface area contributed by atoms with Crippen molar-refractivity contribution in [2.24, 2.45) is 5.41 Å². The van der Waals surface area contributed by atoms with Crippen LogP contribution in [0.4, 0.5) is 4.39 Å². The molecule has 5 heteroatoms. The Morgan fingerprint density at radius 2 is 1.86 bits per heavy atom. The number of piperidine rings is 2. The molecule has 0 atom stereocenters. The molecule has 1 amide bonds. The Morgan fingerprint density at radius 3 is 2.48 bits per heavy atom. The van der Waals surface area contributed by atoms with Gasteiger partial charge in [0.15, 0.2) is 0 Å². The highest BCUT2D eigenvalue weighted by Crippen LogP contribution is 2.39. The maximum absolute atomic E-state index is 13.1. The van der Waals surface area contributed by atoms with Crippen LogP contribution < -0.4 is 5.32 Å². The quantitative estimate of drug-likeness (QED) is 0.839. The summed E-state index contributed by atoms with van der Waals surface area (Å²) in [5.74, 6) is -0.323. The number of halogens is 2. The van der Waals surface area contributed by atoms with Crippen molar-refractivity contribution in [2.45, 2.75) is 25.7 Å². The Morgan fingerprint density at radius 1 is 1.19 bits per heavy atom. The van der Waals surface area contributed by atoms with Crippen LogP contribution in [0.3, 0.4) is 0 Å². The first-order valence-corrected chi connectivity index (χ1v) is 8.34.